The zero-order chi connectivity index (χ0) is 16.2. The largest absolute Gasteiger partial charge is 0.342 e. The highest BCUT2D eigenvalue weighted by atomic mass is 19.1. The second-order valence-corrected chi connectivity index (χ2v) is 6.35. The molecule has 0 unspecified atom stereocenters. The number of amides is 3. The summed E-state index contributed by atoms with van der Waals surface area (Å²) in [5.41, 5.74) is 0.421. The van der Waals surface area contributed by atoms with Crippen LogP contribution in [0.1, 0.15) is 32.1 Å². The van der Waals surface area contributed by atoms with Gasteiger partial charge in [-0.15, -0.1) is 0 Å². The SMILES string of the molecule is O=C(Nc1cccc(F)c1)N[C@H]1CC[C@@H](C(=O)N2CCCC2)C1. The molecular weight excluding hydrogens is 297 g/mol. The van der Waals surface area contributed by atoms with Crippen LogP contribution >= 0.6 is 0 Å². The van der Waals surface area contributed by atoms with Crippen LogP contribution in [0.25, 0.3) is 0 Å². The minimum Gasteiger partial charge on any atom is -0.342 e. The van der Waals surface area contributed by atoms with Crippen LogP contribution in [-0.4, -0.2) is 36.0 Å². The molecule has 3 amide bonds. The minimum absolute atomic E-state index is 0.000104. The first kappa shape index (κ1) is 15.8. The Bertz CT molecular complexity index is 587. The zero-order valence-electron chi connectivity index (χ0n) is 13.1. The molecule has 2 fully saturated rings. The van der Waals surface area contributed by atoms with Gasteiger partial charge in [-0.05, 0) is 50.3 Å². The molecule has 1 heterocycles. The van der Waals surface area contributed by atoms with E-state index in [1.54, 1.807) is 12.1 Å². The van der Waals surface area contributed by atoms with Crippen LogP contribution in [0.5, 0.6) is 0 Å². The fourth-order valence-corrected chi connectivity index (χ4v) is 3.45. The number of hydrogen-bond acceptors (Lipinski definition) is 2. The highest BCUT2D eigenvalue weighted by molar-refractivity contribution is 5.89. The van der Waals surface area contributed by atoms with Crippen molar-refractivity contribution in [2.24, 2.45) is 5.92 Å². The van der Waals surface area contributed by atoms with E-state index < -0.39 is 0 Å². The Morgan fingerprint density at radius 3 is 2.70 bits per heavy atom. The van der Waals surface area contributed by atoms with Crippen molar-refractivity contribution in [1.82, 2.24) is 10.2 Å². The number of rotatable bonds is 3. The van der Waals surface area contributed by atoms with Crippen LogP contribution in [0, 0.1) is 11.7 Å². The lowest BCUT2D eigenvalue weighted by molar-refractivity contribution is -0.134. The molecular formula is C17H22FN3O2. The molecule has 23 heavy (non-hydrogen) atoms. The van der Waals surface area contributed by atoms with Crippen molar-refractivity contribution in [2.75, 3.05) is 18.4 Å². The van der Waals surface area contributed by atoms with E-state index in [1.165, 1.54) is 12.1 Å². The molecule has 0 radical (unpaired) electrons. The van der Waals surface area contributed by atoms with Gasteiger partial charge in [-0.1, -0.05) is 6.07 Å². The average molecular weight is 319 g/mol. The molecule has 1 saturated carbocycles. The van der Waals surface area contributed by atoms with Crippen LogP contribution in [-0.2, 0) is 4.79 Å². The maximum absolute atomic E-state index is 13.1. The molecule has 124 valence electrons. The van der Waals surface area contributed by atoms with Crippen LogP contribution < -0.4 is 10.6 Å². The van der Waals surface area contributed by atoms with E-state index >= 15 is 0 Å². The Kier molecular flexibility index (Phi) is 4.79. The van der Waals surface area contributed by atoms with Crippen LogP contribution in [0.15, 0.2) is 24.3 Å². The van der Waals surface area contributed by atoms with E-state index in [-0.39, 0.29) is 29.7 Å². The Morgan fingerprint density at radius 1 is 1.17 bits per heavy atom. The fourth-order valence-electron chi connectivity index (χ4n) is 3.45. The molecule has 2 atom stereocenters. The minimum atomic E-state index is -0.389. The highest BCUT2D eigenvalue weighted by Gasteiger charge is 2.34. The predicted molar refractivity (Wildman–Crippen MR) is 85.5 cm³/mol. The summed E-state index contributed by atoms with van der Waals surface area (Å²) in [5, 5.41) is 5.50. The molecule has 5 nitrogen and oxygen atoms in total. The van der Waals surface area contributed by atoms with E-state index in [0.717, 1.165) is 38.8 Å². The number of carbonyl (C=O) groups is 2. The number of urea groups is 1. The summed E-state index contributed by atoms with van der Waals surface area (Å²) in [6.45, 7) is 1.74. The normalized spacial score (nSPS) is 23.8. The first-order valence-electron chi connectivity index (χ1n) is 8.24. The van der Waals surface area contributed by atoms with Gasteiger partial charge in [0.25, 0.3) is 0 Å². The monoisotopic (exact) mass is 319 g/mol. The summed E-state index contributed by atoms with van der Waals surface area (Å²) in [6, 6.07) is 5.43. The number of halogens is 1. The number of nitrogens with one attached hydrogen (secondary N) is 2. The third-order valence-electron chi connectivity index (χ3n) is 4.62. The first-order chi connectivity index (χ1) is 11.1. The number of hydrogen-bond donors (Lipinski definition) is 2. The van der Waals surface area contributed by atoms with Gasteiger partial charge in [0.05, 0.1) is 0 Å². The van der Waals surface area contributed by atoms with Gasteiger partial charge in [-0.25, -0.2) is 9.18 Å². The van der Waals surface area contributed by atoms with Gasteiger partial charge >= 0.3 is 6.03 Å². The summed E-state index contributed by atoms with van der Waals surface area (Å²) >= 11 is 0. The van der Waals surface area contributed by atoms with Gasteiger partial charge in [0, 0.05) is 30.7 Å². The van der Waals surface area contributed by atoms with Crippen LogP contribution in [0.3, 0.4) is 0 Å². The smallest absolute Gasteiger partial charge is 0.319 e. The lowest BCUT2D eigenvalue weighted by Crippen LogP contribution is -2.38. The molecule has 6 heteroatoms. The van der Waals surface area contributed by atoms with E-state index in [1.807, 2.05) is 4.90 Å². The Morgan fingerprint density at radius 2 is 1.96 bits per heavy atom. The van der Waals surface area contributed by atoms with Gasteiger partial charge in [0.1, 0.15) is 5.82 Å². The Hall–Kier alpha value is -2.11. The summed E-state index contributed by atoms with van der Waals surface area (Å²) < 4.78 is 13.1. The molecule has 1 aliphatic heterocycles. The van der Waals surface area contributed by atoms with Gasteiger partial charge in [0.2, 0.25) is 5.91 Å². The number of likely N-dealkylation sites (tertiary alicyclic amines) is 1. The van der Waals surface area contributed by atoms with Gasteiger partial charge in [0.15, 0.2) is 0 Å². The van der Waals surface area contributed by atoms with Crippen molar-refractivity contribution in [3.63, 3.8) is 0 Å². The van der Waals surface area contributed by atoms with E-state index in [0.29, 0.717) is 12.1 Å². The van der Waals surface area contributed by atoms with Gasteiger partial charge in [-0.3, -0.25) is 4.79 Å². The van der Waals surface area contributed by atoms with Crippen molar-refractivity contribution in [3.05, 3.63) is 30.1 Å². The molecule has 0 aromatic heterocycles. The van der Waals surface area contributed by atoms with E-state index in [2.05, 4.69) is 10.6 Å². The van der Waals surface area contributed by atoms with Gasteiger partial charge in [-0.2, -0.15) is 0 Å². The third kappa shape index (κ3) is 4.00. The molecule has 1 saturated heterocycles. The van der Waals surface area contributed by atoms with Crippen molar-refractivity contribution < 1.29 is 14.0 Å². The van der Waals surface area contributed by atoms with Crippen molar-refractivity contribution >= 4 is 17.6 Å². The van der Waals surface area contributed by atoms with E-state index in [9.17, 15) is 14.0 Å². The topological polar surface area (TPSA) is 61.4 Å². The molecule has 1 aliphatic carbocycles. The predicted octanol–water partition coefficient (Wildman–Crippen LogP) is 2.74. The Balaban J connectivity index is 1.47. The second kappa shape index (κ2) is 6.98. The quantitative estimate of drug-likeness (QED) is 0.900. The lowest BCUT2D eigenvalue weighted by atomic mass is 10.1. The van der Waals surface area contributed by atoms with Gasteiger partial charge < -0.3 is 15.5 Å². The summed E-state index contributed by atoms with van der Waals surface area (Å²) in [6.07, 6.45) is 4.50. The highest BCUT2D eigenvalue weighted by Crippen LogP contribution is 2.28. The van der Waals surface area contributed by atoms with Crippen molar-refractivity contribution in [2.45, 2.75) is 38.1 Å². The molecule has 2 N–H and O–H groups in total. The number of anilines is 1. The van der Waals surface area contributed by atoms with Crippen LogP contribution in [0.2, 0.25) is 0 Å². The standard InChI is InChI=1S/C17H22FN3O2/c18-13-4-3-5-14(11-13)19-17(23)20-15-7-6-12(10-15)16(22)21-8-1-2-9-21/h3-5,11-12,15H,1-2,6-10H2,(H2,19,20,23)/t12-,15+/m1/s1. The zero-order valence-corrected chi connectivity index (χ0v) is 13.1. The first-order valence-corrected chi connectivity index (χ1v) is 8.24. The van der Waals surface area contributed by atoms with Crippen molar-refractivity contribution in [1.29, 1.82) is 0 Å². The molecule has 1 aromatic carbocycles. The summed E-state index contributed by atoms with van der Waals surface area (Å²) in [4.78, 5) is 26.3. The molecule has 1 aromatic rings. The van der Waals surface area contributed by atoms with E-state index in [4.69, 9.17) is 0 Å². The number of benzene rings is 1. The molecule has 0 spiro atoms. The maximum atomic E-state index is 13.1. The lowest BCUT2D eigenvalue weighted by Gasteiger charge is -2.20. The maximum Gasteiger partial charge on any atom is 0.319 e. The fraction of sp³-hybridized carbons (Fsp3) is 0.529. The summed E-state index contributed by atoms with van der Waals surface area (Å²) in [5.74, 6) is -0.134. The molecule has 0 bridgehead atoms. The van der Waals surface area contributed by atoms with Crippen LogP contribution in [0.4, 0.5) is 14.9 Å². The second-order valence-electron chi connectivity index (χ2n) is 6.35. The Labute approximate surface area is 135 Å². The van der Waals surface area contributed by atoms with Crippen molar-refractivity contribution in [3.8, 4) is 0 Å². The number of carbonyl (C=O) groups excluding carboxylic acids is 2. The molecule has 3 rings (SSSR count). The summed E-state index contributed by atoms with van der Waals surface area (Å²) in [7, 11) is 0. The molecule has 2 aliphatic rings. The average Bonchev–Trinajstić information content (AvgIpc) is 3.17. The number of nitrogens with zero attached hydrogens (tertiary/aromatic N) is 1. The third-order valence-corrected chi connectivity index (χ3v) is 4.62.